The van der Waals surface area contributed by atoms with E-state index >= 15 is 0 Å². The fourth-order valence-electron chi connectivity index (χ4n) is 5.05. The second kappa shape index (κ2) is 12.6. The summed E-state index contributed by atoms with van der Waals surface area (Å²) >= 11 is 1.49. The van der Waals surface area contributed by atoms with Gasteiger partial charge >= 0.3 is 5.97 Å². The topological polar surface area (TPSA) is 117 Å². The van der Waals surface area contributed by atoms with Crippen molar-refractivity contribution in [2.24, 2.45) is 22.7 Å². The summed E-state index contributed by atoms with van der Waals surface area (Å²) in [6.45, 7) is 11.3. The molecular formula is C27H43NO6S. The molecule has 0 aromatic carbocycles. The molecule has 1 heterocycles. The molecule has 3 unspecified atom stereocenters. The monoisotopic (exact) mass is 509 g/mol. The third-order valence-electron chi connectivity index (χ3n) is 7.59. The number of aliphatic hydroxyl groups excluding tert-OH is 3. The van der Waals surface area contributed by atoms with E-state index in [4.69, 9.17) is 4.74 Å². The van der Waals surface area contributed by atoms with Crippen LogP contribution in [-0.4, -0.2) is 57.0 Å². The minimum Gasteiger partial charge on any atom is -0.458 e. The van der Waals surface area contributed by atoms with E-state index in [0.29, 0.717) is 19.3 Å². The van der Waals surface area contributed by atoms with E-state index in [1.54, 1.807) is 19.4 Å². The first-order chi connectivity index (χ1) is 16.3. The van der Waals surface area contributed by atoms with E-state index in [1.165, 1.54) is 11.3 Å². The van der Waals surface area contributed by atoms with Crippen molar-refractivity contribution in [3.8, 4) is 0 Å². The maximum Gasteiger partial charge on any atom is 0.309 e. The average molecular weight is 510 g/mol. The van der Waals surface area contributed by atoms with Crippen molar-refractivity contribution in [3.05, 3.63) is 22.2 Å². The van der Waals surface area contributed by atoms with Crippen LogP contribution >= 0.6 is 11.3 Å². The van der Waals surface area contributed by atoms with Crippen LogP contribution in [0.1, 0.15) is 85.8 Å². The average Bonchev–Trinajstić information content (AvgIpc) is 3.32. The molecule has 3 N–H and O–H groups in total. The molecule has 0 amide bonds. The molecule has 1 aliphatic carbocycles. The number of ketones is 1. The number of esters is 1. The van der Waals surface area contributed by atoms with Gasteiger partial charge in [0.25, 0.3) is 0 Å². The van der Waals surface area contributed by atoms with Crippen molar-refractivity contribution >= 4 is 29.2 Å². The molecule has 0 aliphatic heterocycles. The number of aliphatic hydroxyl groups is 3. The van der Waals surface area contributed by atoms with Crippen LogP contribution in [0, 0.1) is 22.7 Å². The molecular weight excluding hydrogens is 466 g/mol. The van der Waals surface area contributed by atoms with Gasteiger partial charge in [-0.2, -0.15) is 0 Å². The first-order valence-electron chi connectivity index (χ1n) is 12.6. The number of hydrogen-bond donors (Lipinski definition) is 3. The molecule has 8 heteroatoms. The third kappa shape index (κ3) is 7.68. The van der Waals surface area contributed by atoms with Crippen molar-refractivity contribution in [3.63, 3.8) is 0 Å². The number of aromatic nitrogens is 1. The van der Waals surface area contributed by atoms with E-state index in [0.717, 1.165) is 24.1 Å². The SMILES string of the molecule is CCC(OC(=O)C[C@H](O)C1(C)C[C@@H](CCCC(C)(C)CO)C(O)[C@@H](C)C1=O)/C(C)=C/c1cscn1. The van der Waals surface area contributed by atoms with Crippen LogP contribution in [0.15, 0.2) is 16.5 Å². The largest absolute Gasteiger partial charge is 0.458 e. The van der Waals surface area contributed by atoms with E-state index in [2.05, 4.69) is 4.98 Å². The van der Waals surface area contributed by atoms with Gasteiger partial charge in [0.15, 0.2) is 0 Å². The molecule has 1 aromatic rings. The van der Waals surface area contributed by atoms with Crippen LogP contribution in [0.4, 0.5) is 0 Å². The Bertz CT molecular complexity index is 867. The zero-order valence-corrected chi connectivity index (χ0v) is 22.8. The Morgan fingerprint density at radius 3 is 2.69 bits per heavy atom. The van der Waals surface area contributed by atoms with E-state index in [-0.39, 0.29) is 30.1 Å². The molecule has 198 valence electrons. The van der Waals surface area contributed by atoms with Crippen LogP contribution in [0.2, 0.25) is 0 Å². The summed E-state index contributed by atoms with van der Waals surface area (Å²) in [5.41, 5.74) is 2.08. The second-order valence-corrected chi connectivity index (χ2v) is 11.9. The molecule has 0 radical (unpaired) electrons. The van der Waals surface area contributed by atoms with Gasteiger partial charge in [0.05, 0.1) is 35.2 Å². The third-order valence-corrected chi connectivity index (χ3v) is 8.19. The second-order valence-electron chi connectivity index (χ2n) is 11.1. The van der Waals surface area contributed by atoms with Gasteiger partial charge in [-0.1, -0.05) is 41.0 Å². The minimum absolute atomic E-state index is 0.0881. The minimum atomic E-state index is -1.20. The highest BCUT2D eigenvalue weighted by molar-refractivity contribution is 7.07. The molecule has 0 saturated heterocycles. The lowest BCUT2D eigenvalue weighted by Gasteiger charge is -2.45. The standard InChI is InChI=1S/C27H43NO6S/c1-7-21(17(2)11-20-14-35-16-28-20)34-23(31)12-22(30)27(6)13-19(24(32)18(3)25(27)33)9-8-10-26(4,5)15-29/h11,14,16,18-19,21-22,24,29-30,32H,7-10,12-13,15H2,1-6H3/b17-11+/t18-,19-,21?,22+,24?,27?/m1/s1. The van der Waals surface area contributed by atoms with E-state index in [1.807, 2.05) is 39.2 Å². The predicted molar refractivity (Wildman–Crippen MR) is 138 cm³/mol. The predicted octanol–water partition coefficient (Wildman–Crippen LogP) is 4.40. The molecule has 1 saturated carbocycles. The first-order valence-corrected chi connectivity index (χ1v) is 13.6. The normalized spacial score (nSPS) is 27.5. The van der Waals surface area contributed by atoms with Crippen LogP contribution in [0.5, 0.6) is 0 Å². The summed E-state index contributed by atoms with van der Waals surface area (Å²) < 4.78 is 5.67. The van der Waals surface area contributed by atoms with Gasteiger partial charge in [0, 0.05) is 17.9 Å². The van der Waals surface area contributed by atoms with Crippen molar-refractivity contribution in [1.29, 1.82) is 0 Å². The van der Waals surface area contributed by atoms with Gasteiger partial charge < -0.3 is 20.1 Å². The quantitative estimate of drug-likeness (QED) is 0.358. The van der Waals surface area contributed by atoms with Gasteiger partial charge in [0.2, 0.25) is 0 Å². The Hall–Kier alpha value is -1.61. The molecule has 35 heavy (non-hydrogen) atoms. The van der Waals surface area contributed by atoms with Crippen molar-refractivity contribution in [1.82, 2.24) is 4.98 Å². The summed E-state index contributed by atoms with van der Waals surface area (Å²) in [4.78, 5) is 30.1. The zero-order valence-electron chi connectivity index (χ0n) is 22.0. The highest BCUT2D eigenvalue weighted by atomic mass is 32.1. The van der Waals surface area contributed by atoms with Gasteiger partial charge in [-0.25, -0.2) is 4.98 Å². The summed E-state index contributed by atoms with van der Waals surface area (Å²) in [5.74, 6) is -1.56. The Labute approximate surface area is 213 Å². The molecule has 2 rings (SSSR count). The lowest BCUT2D eigenvalue weighted by molar-refractivity contribution is -0.161. The Kier molecular flexibility index (Phi) is 10.6. The molecule has 6 atom stereocenters. The van der Waals surface area contributed by atoms with Gasteiger partial charge in [-0.15, -0.1) is 11.3 Å². The number of nitrogens with zero attached hydrogens (tertiary/aromatic N) is 1. The fourth-order valence-corrected chi connectivity index (χ4v) is 5.56. The first kappa shape index (κ1) is 29.6. The number of thiazole rings is 1. The Balaban J connectivity index is 2.05. The van der Waals surface area contributed by atoms with Gasteiger partial charge in [-0.3, -0.25) is 9.59 Å². The van der Waals surface area contributed by atoms with Gasteiger partial charge in [-0.05, 0) is 55.6 Å². The molecule has 0 spiro atoms. The number of carbonyl (C=O) groups excluding carboxylic acids is 2. The van der Waals surface area contributed by atoms with Crippen LogP contribution in [0.3, 0.4) is 0 Å². The zero-order chi connectivity index (χ0) is 26.4. The Morgan fingerprint density at radius 1 is 1.43 bits per heavy atom. The summed E-state index contributed by atoms with van der Waals surface area (Å²) in [5, 5.41) is 33.2. The van der Waals surface area contributed by atoms with Crippen LogP contribution < -0.4 is 0 Å². The lowest BCUT2D eigenvalue weighted by Crippen LogP contribution is -2.54. The number of carbonyl (C=O) groups is 2. The number of rotatable bonds is 12. The molecule has 1 aliphatic rings. The smallest absolute Gasteiger partial charge is 0.309 e. The highest BCUT2D eigenvalue weighted by Gasteiger charge is 2.51. The summed E-state index contributed by atoms with van der Waals surface area (Å²) in [7, 11) is 0. The lowest BCUT2D eigenvalue weighted by atomic mass is 9.60. The van der Waals surface area contributed by atoms with Crippen molar-refractivity contribution < 1.29 is 29.6 Å². The summed E-state index contributed by atoms with van der Waals surface area (Å²) in [6.07, 6.45) is 2.36. The van der Waals surface area contributed by atoms with Crippen LogP contribution in [-0.2, 0) is 14.3 Å². The number of ether oxygens (including phenoxy) is 1. The molecule has 1 fully saturated rings. The van der Waals surface area contributed by atoms with E-state index < -0.39 is 35.6 Å². The number of hydrogen-bond acceptors (Lipinski definition) is 8. The van der Waals surface area contributed by atoms with Gasteiger partial charge in [0.1, 0.15) is 11.9 Å². The van der Waals surface area contributed by atoms with Crippen molar-refractivity contribution in [2.45, 2.75) is 98.4 Å². The fraction of sp³-hybridized carbons (Fsp3) is 0.741. The van der Waals surface area contributed by atoms with Crippen molar-refractivity contribution in [2.75, 3.05) is 6.61 Å². The molecule has 1 aromatic heterocycles. The van der Waals surface area contributed by atoms with Crippen LogP contribution in [0.25, 0.3) is 6.08 Å². The Morgan fingerprint density at radius 2 is 2.11 bits per heavy atom. The maximum absolute atomic E-state index is 13.1. The van der Waals surface area contributed by atoms with E-state index in [9.17, 15) is 24.9 Å². The maximum atomic E-state index is 13.1. The number of Topliss-reactive ketones (excluding diaryl/α,β-unsaturated/α-hetero) is 1. The summed E-state index contributed by atoms with van der Waals surface area (Å²) in [6, 6.07) is 0. The molecule has 7 nitrogen and oxygen atoms in total. The highest BCUT2D eigenvalue weighted by Crippen LogP contribution is 2.45. The molecule has 0 bridgehead atoms.